The maximum atomic E-state index is 15.9. The maximum Gasteiger partial charge on any atom is 0.274 e. The second kappa shape index (κ2) is 9.41. The molecule has 0 radical (unpaired) electrons. The van der Waals surface area contributed by atoms with Crippen LogP contribution in [0.2, 0.25) is 0 Å². The van der Waals surface area contributed by atoms with Crippen LogP contribution in [-0.2, 0) is 21.4 Å². The molecule has 0 unspecified atom stereocenters. The number of sulfonamides is 1. The van der Waals surface area contributed by atoms with Crippen LogP contribution < -0.4 is 10.0 Å². The molecule has 2 N–H and O–H groups in total. The van der Waals surface area contributed by atoms with Crippen LogP contribution in [0.5, 0.6) is 0 Å². The highest BCUT2D eigenvalue weighted by Gasteiger charge is 2.34. The minimum absolute atomic E-state index is 0.0251. The monoisotopic (exact) mass is 516 g/mol. The average molecular weight is 517 g/mol. The summed E-state index contributed by atoms with van der Waals surface area (Å²) in [5.74, 6) is -4.64. The standard InChI is InChI=1S/C23H19F3N6O3S/c1-3-31-12-16(18-9-10-28-23(27)29-18)22(30-31)15-5-4-6-19(21(15)26)32(13(2)33)36(34,35)20-11-14(24)7-8-17(20)25/h4-12H,3H2,1-2H3,(H2,27,28,29). The Morgan fingerprint density at radius 2 is 1.86 bits per heavy atom. The van der Waals surface area contributed by atoms with E-state index in [4.69, 9.17) is 5.73 Å². The second-order valence-electron chi connectivity index (χ2n) is 7.55. The first kappa shape index (κ1) is 24.9. The van der Waals surface area contributed by atoms with Crippen molar-refractivity contribution < 1.29 is 26.4 Å². The Kier molecular flexibility index (Phi) is 6.50. The molecule has 2 aromatic heterocycles. The molecule has 2 aromatic carbocycles. The summed E-state index contributed by atoms with van der Waals surface area (Å²) in [5.41, 5.74) is 5.63. The molecule has 0 aliphatic rings. The third kappa shape index (κ3) is 4.40. The summed E-state index contributed by atoms with van der Waals surface area (Å²) in [5, 5.41) is 4.37. The quantitative estimate of drug-likeness (QED) is 0.414. The number of hydrogen-bond acceptors (Lipinski definition) is 7. The Morgan fingerprint density at radius 3 is 2.53 bits per heavy atom. The first-order chi connectivity index (χ1) is 17.0. The van der Waals surface area contributed by atoms with Gasteiger partial charge in [-0.1, -0.05) is 6.07 Å². The topological polar surface area (TPSA) is 124 Å². The average Bonchev–Trinajstić information content (AvgIpc) is 3.26. The van der Waals surface area contributed by atoms with Crippen molar-refractivity contribution in [2.75, 3.05) is 10.0 Å². The Bertz CT molecular complexity index is 1590. The highest BCUT2D eigenvalue weighted by Crippen LogP contribution is 2.37. The molecular weight excluding hydrogens is 497 g/mol. The van der Waals surface area contributed by atoms with Crippen LogP contribution in [0.3, 0.4) is 0 Å². The summed E-state index contributed by atoms with van der Waals surface area (Å²) in [6.45, 7) is 3.09. The number of amides is 1. The normalized spacial score (nSPS) is 11.5. The number of carbonyl (C=O) groups excluding carboxylic acids is 1. The van der Waals surface area contributed by atoms with Crippen molar-refractivity contribution in [3.63, 3.8) is 0 Å². The number of halogens is 3. The van der Waals surface area contributed by atoms with Crippen LogP contribution in [0.25, 0.3) is 22.5 Å². The van der Waals surface area contributed by atoms with E-state index in [1.807, 2.05) is 0 Å². The third-order valence-electron chi connectivity index (χ3n) is 5.19. The predicted molar refractivity (Wildman–Crippen MR) is 125 cm³/mol. The van der Waals surface area contributed by atoms with E-state index in [-0.39, 0.29) is 21.5 Å². The number of aryl methyl sites for hydroxylation is 1. The Balaban J connectivity index is 1.93. The van der Waals surface area contributed by atoms with Crippen molar-refractivity contribution in [2.24, 2.45) is 0 Å². The van der Waals surface area contributed by atoms with Crippen molar-refractivity contribution in [3.05, 3.63) is 72.3 Å². The minimum Gasteiger partial charge on any atom is -0.368 e. The lowest BCUT2D eigenvalue weighted by atomic mass is 10.0. The van der Waals surface area contributed by atoms with Gasteiger partial charge in [-0.15, -0.1) is 0 Å². The molecule has 36 heavy (non-hydrogen) atoms. The van der Waals surface area contributed by atoms with Gasteiger partial charge in [0.05, 0.1) is 11.4 Å². The molecule has 0 saturated heterocycles. The van der Waals surface area contributed by atoms with Gasteiger partial charge in [-0.2, -0.15) is 9.40 Å². The largest absolute Gasteiger partial charge is 0.368 e. The zero-order chi connectivity index (χ0) is 26.2. The number of aromatic nitrogens is 4. The molecule has 0 spiro atoms. The molecule has 0 aliphatic carbocycles. The number of nitrogens with two attached hydrogens (primary N) is 1. The number of rotatable bonds is 6. The maximum absolute atomic E-state index is 15.9. The van der Waals surface area contributed by atoms with Gasteiger partial charge < -0.3 is 5.73 Å². The summed E-state index contributed by atoms with van der Waals surface area (Å²) in [6, 6.07) is 6.96. The van der Waals surface area contributed by atoms with Crippen molar-refractivity contribution >= 4 is 27.6 Å². The van der Waals surface area contributed by atoms with Gasteiger partial charge in [0.1, 0.15) is 22.2 Å². The Morgan fingerprint density at radius 1 is 1.11 bits per heavy atom. The third-order valence-corrected chi connectivity index (χ3v) is 6.99. The van der Waals surface area contributed by atoms with Gasteiger partial charge in [-0.25, -0.2) is 31.6 Å². The fraction of sp³-hybridized carbons (Fsp3) is 0.130. The number of anilines is 2. The lowest BCUT2D eigenvalue weighted by molar-refractivity contribution is -0.115. The van der Waals surface area contributed by atoms with Gasteiger partial charge >= 0.3 is 0 Å². The molecule has 9 nitrogen and oxygen atoms in total. The molecule has 13 heteroatoms. The molecule has 4 aromatic rings. The van der Waals surface area contributed by atoms with Crippen molar-refractivity contribution in [1.82, 2.24) is 19.7 Å². The summed E-state index contributed by atoms with van der Waals surface area (Å²) in [6.07, 6.45) is 3.01. The van der Waals surface area contributed by atoms with E-state index in [1.165, 1.54) is 29.1 Å². The van der Waals surface area contributed by atoms with Crippen molar-refractivity contribution in [1.29, 1.82) is 0 Å². The predicted octanol–water partition coefficient (Wildman–Crippen LogP) is 3.77. The van der Waals surface area contributed by atoms with Crippen LogP contribution in [-0.4, -0.2) is 34.1 Å². The van der Waals surface area contributed by atoms with E-state index in [2.05, 4.69) is 15.1 Å². The Labute approximate surface area is 204 Å². The number of carbonyl (C=O) groups is 1. The summed E-state index contributed by atoms with van der Waals surface area (Å²) >= 11 is 0. The van der Waals surface area contributed by atoms with Gasteiger partial charge in [0.2, 0.25) is 11.9 Å². The van der Waals surface area contributed by atoms with Gasteiger partial charge in [-0.05, 0) is 43.3 Å². The van der Waals surface area contributed by atoms with Crippen LogP contribution in [0.4, 0.5) is 24.8 Å². The van der Waals surface area contributed by atoms with Crippen LogP contribution in [0.1, 0.15) is 13.8 Å². The molecule has 0 aliphatic heterocycles. The number of nitrogens with zero attached hydrogens (tertiary/aromatic N) is 5. The Hall–Kier alpha value is -4.26. The molecule has 0 saturated carbocycles. The minimum atomic E-state index is -5.03. The van der Waals surface area contributed by atoms with Crippen LogP contribution in [0, 0.1) is 17.5 Å². The fourth-order valence-electron chi connectivity index (χ4n) is 3.59. The molecule has 4 rings (SSSR count). The zero-order valence-electron chi connectivity index (χ0n) is 19.0. The van der Waals surface area contributed by atoms with E-state index >= 15 is 4.39 Å². The van der Waals surface area contributed by atoms with Crippen LogP contribution >= 0.6 is 0 Å². The molecular formula is C23H19F3N6O3S. The molecule has 1 amide bonds. The number of benzene rings is 2. The van der Waals surface area contributed by atoms with Crippen molar-refractivity contribution in [3.8, 4) is 22.5 Å². The van der Waals surface area contributed by atoms with Gasteiger partial charge in [-0.3, -0.25) is 9.48 Å². The number of nitrogen functional groups attached to an aromatic ring is 1. The van der Waals surface area contributed by atoms with Gasteiger partial charge in [0, 0.05) is 37.0 Å². The molecule has 2 heterocycles. The van der Waals surface area contributed by atoms with E-state index in [0.29, 0.717) is 29.9 Å². The fourth-order valence-corrected chi connectivity index (χ4v) is 5.11. The summed E-state index contributed by atoms with van der Waals surface area (Å²) in [4.78, 5) is 19.3. The van der Waals surface area contributed by atoms with Crippen LogP contribution in [0.15, 0.2) is 59.8 Å². The highest BCUT2D eigenvalue weighted by atomic mass is 32.2. The first-order valence-electron chi connectivity index (χ1n) is 10.5. The molecule has 0 fully saturated rings. The first-order valence-corrected chi connectivity index (χ1v) is 11.9. The SMILES string of the molecule is CCn1cc(-c2ccnc(N)n2)c(-c2cccc(N(C(C)=O)S(=O)(=O)c3cc(F)ccc3F)c2F)n1. The van der Waals surface area contributed by atoms with Gasteiger partial charge in [0.15, 0.2) is 5.82 Å². The smallest absolute Gasteiger partial charge is 0.274 e. The van der Waals surface area contributed by atoms with E-state index in [0.717, 1.165) is 19.1 Å². The summed E-state index contributed by atoms with van der Waals surface area (Å²) in [7, 11) is -5.03. The zero-order valence-corrected chi connectivity index (χ0v) is 19.8. The van der Waals surface area contributed by atoms with E-state index in [1.54, 1.807) is 13.1 Å². The lowest BCUT2D eigenvalue weighted by Gasteiger charge is -2.22. The summed E-state index contributed by atoms with van der Waals surface area (Å²) < 4.78 is 72.0. The lowest BCUT2D eigenvalue weighted by Crippen LogP contribution is -2.36. The van der Waals surface area contributed by atoms with Crippen molar-refractivity contribution in [2.45, 2.75) is 25.3 Å². The second-order valence-corrected chi connectivity index (χ2v) is 9.30. The van der Waals surface area contributed by atoms with E-state index in [9.17, 15) is 22.0 Å². The van der Waals surface area contributed by atoms with E-state index < -0.39 is 44.0 Å². The number of hydrogen-bond donors (Lipinski definition) is 1. The molecule has 0 atom stereocenters. The molecule has 0 bridgehead atoms. The van der Waals surface area contributed by atoms with Gasteiger partial charge in [0.25, 0.3) is 10.0 Å². The highest BCUT2D eigenvalue weighted by molar-refractivity contribution is 7.93. The molecule has 186 valence electrons.